The zero-order chi connectivity index (χ0) is 31.1. The number of nitriles is 1. The van der Waals surface area contributed by atoms with Crippen molar-refractivity contribution in [2.24, 2.45) is 0 Å². The van der Waals surface area contributed by atoms with Gasteiger partial charge < -0.3 is 24.3 Å². The molecule has 1 unspecified atom stereocenters. The number of ether oxygens (including phenoxy) is 1. The number of fused-ring (bicyclic) bond motifs is 1. The van der Waals surface area contributed by atoms with Crippen LogP contribution in [0.15, 0.2) is 36.7 Å². The van der Waals surface area contributed by atoms with Crippen molar-refractivity contribution in [1.82, 2.24) is 14.8 Å². The summed E-state index contributed by atoms with van der Waals surface area (Å²) in [4.78, 5) is 24.6. The number of pyridine rings is 1. The number of halogens is 4. The number of anilines is 2. The van der Waals surface area contributed by atoms with Gasteiger partial charge in [0.15, 0.2) is 5.83 Å². The monoisotopic (exact) mass is 600 g/mol. The summed E-state index contributed by atoms with van der Waals surface area (Å²) in [5, 5.41) is 10.4. The highest BCUT2D eigenvalue weighted by Crippen LogP contribution is 2.42. The Labute approximate surface area is 249 Å². The second kappa shape index (κ2) is 12.0. The minimum atomic E-state index is -4.52. The van der Waals surface area contributed by atoms with E-state index in [4.69, 9.17) is 9.72 Å². The average Bonchev–Trinajstić information content (AvgIpc) is 3.38. The number of benzene rings is 1. The molecule has 43 heavy (non-hydrogen) atoms. The number of likely N-dealkylation sites (tertiary alicyclic amines) is 1. The van der Waals surface area contributed by atoms with E-state index in [0.717, 1.165) is 31.0 Å². The molecule has 8 nitrogen and oxygen atoms in total. The SMILES string of the molecule is C=C(F)C(=O)N1[C@H](C)CN(c2c(C#N)c(OCC3CCCN3C)nc3c2CCN(c2ccccc2C(F)(F)F)C3)C[C@@H]1C. The van der Waals surface area contributed by atoms with Gasteiger partial charge in [-0.2, -0.15) is 18.4 Å². The van der Waals surface area contributed by atoms with Crippen molar-refractivity contribution in [1.29, 1.82) is 5.26 Å². The Morgan fingerprint density at radius 3 is 2.47 bits per heavy atom. The Bertz CT molecular complexity index is 1430. The minimum Gasteiger partial charge on any atom is -0.475 e. The van der Waals surface area contributed by atoms with Crippen LogP contribution in [0.3, 0.4) is 0 Å². The molecule has 2 fully saturated rings. The van der Waals surface area contributed by atoms with Gasteiger partial charge in [-0.25, -0.2) is 9.37 Å². The third kappa shape index (κ3) is 6.00. The van der Waals surface area contributed by atoms with Gasteiger partial charge >= 0.3 is 6.18 Å². The van der Waals surface area contributed by atoms with Crippen molar-refractivity contribution >= 4 is 17.3 Å². The summed E-state index contributed by atoms with van der Waals surface area (Å²) in [7, 11) is 2.02. The second-order valence-electron chi connectivity index (χ2n) is 11.7. The number of amides is 1. The van der Waals surface area contributed by atoms with Crippen molar-refractivity contribution in [2.75, 3.05) is 49.6 Å². The number of alkyl halides is 3. The number of aromatic nitrogens is 1. The number of para-hydroxylation sites is 1. The van der Waals surface area contributed by atoms with E-state index in [-0.39, 0.29) is 36.3 Å². The Kier molecular flexibility index (Phi) is 8.56. The molecule has 0 saturated carbocycles. The summed E-state index contributed by atoms with van der Waals surface area (Å²) in [6.07, 6.45) is -2.18. The summed E-state index contributed by atoms with van der Waals surface area (Å²) in [5.41, 5.74) is 1.56. The molecule has 2 saturated heterocycles. The highest BCUT2D eigenvalue weighted by molar-refractivity contribution is 5.91. The molecule has 3 aliphatic rings. The number of nitrogens with zero attached hydrogens (tertiary/aromatic N) is 6. The van der Waals surface area contributed by atoms with Crippen LogP contribution in [0.1, 0.15) is 49.1 Å². The molecule has 1 aromatic carbocycles. The molecule has 12 heteroatoms. The van der Waals surface area contributed by atoms with Crippen molar-refractivity contribution in [2.45, 2.75) is 64.0 Å². The summed E-state index contributed by atoms with van der Waals surface area (Å²) in [5.74, 6) is -1.64. The molecule has 3 atom stereocenters. The number of carbonyl (C=O) groups excluding carboxylic acids is 1. The second-order valence-corrected chi connectivity index (χ2v) is 11.7. The largest absolute Gasteiger partial charge is 0.475 e. The van der Waals surface area contributed by atoms with Gasteiger partial charge in [0.25, 0.3) is 5.91 Å². The van der Waals surface area contributed by atoms with Gasteiger partial charge in [-0.3, -0.25) is 4.79 Å². The topological polar surface area (TPSA) is 75.9 Å². The van der Waals surface area contributed by atoms with Gasteiger partial charge in [-0.05, 0) is 58.8 Å². The summed E-state index contributed by atoms with van der Waals surface area (Å²) >= 11 is 0. The Hall–Kier alpha value is -3.85. The maximum absolute atomic E-state index is 13.9. The first-order chi connectivity index (χ1) is 20.4. The van der Waals surface area contributed by atoms with Gasteiger partial charge in [0, 0.05) is 49.0 Å². The smallest absolute Gasteiger partial charge is 0.418 e. The van der Waals surface area contributed by atoms with Crippen LogP contribution in [0.2, 0.25) is 0 Å². The molecular formula is C31H36F4N6O2. The van der Waals surface area contributed by atoms with Crippen LogP contribution in [0.25, 0.3) is 0 Å². The normalized spacial score (nSPS) is 22.7. The van der Waals surface area contributed by atoms with Gasteiger partial charge in [-0.15, -0.1) is 0 Å². The molecule has 5 rings (SSSR count). The fraction of sp³-hybridized carbons (Fsp3) is 0.516. The maximum Gasteiger partial charge on any atom is 0.418 e. The number of rotatable bonds is 6. The van der Waals surface area contributed by atoms with Crippen LogP contribution in [0.5, 0.6) is 5.88 Å². The van der Waals surface area contributed by atoms with Gasteiger partial charge in [0.1, 0.15) is 18.2 Å². The fourth-order valence-corrected chi connectivity index (χ4v) is 6.69. The Morgan fingerprint density at radius 1 is 1.16 bits per heavy atom. The first-order valence-corrected chi connectivity index (χ1v) is 14.5. The molecule has 3 aliphatic heterocycles. The third-order valence-corrected chi connectivity index (χ3v) is 8.74. The average molecular weight is 601 g/mol. The van der Waals surface area contributed by atoms with Gasteiger partial charge in [0.2, 0.25) is 5.88 Å². The van der Waals surface area contributed by atoms with Crippen molar-refractivity contribution in [3.05, 3.63) is 59.1 Å². The molecule has 0 spiro atoms. The lowest BCUT2D eigenvalue weighted by atomic mass is 9.96. The molecule has 0 N–H and O–H groups in total. The van der Waals surface area contributed by atoms with E-state index in [1.165, 1.54) is 17.0 Å². The van der Waals surface area contributed by atoms with Crippen LogP contribution in [-0.4, -0.2) is 78.7 Å². The number of likely N-dealkylation sites (N-methyl/N-ethyl adjacent to an activating group) is 1. The molecule has 230 valence electrons. The number of carbonyl (C=O) groups is 1. The third-order valence-electron chi connectivity index (χ3n) is 8.74. The zero-order valence-electron chi connectivity index (χ0n) is 24.6. The van der Waals surface area contributed by atoms with Gasteiger partial charge in [-0.1, -0.05) is 18.7 Å². The molecule has 4 heterocycles. The standard InChI is InChI=1S/C31H36F4N6O2/c1-19-15-40(16-20(2)41(19)30(42)21(3)32)28-23-11-13-39(27-10-6-5-9-25(27)31(33,34)35)17-26(23)37-29(24(28)14-36)43-18-22-8-7-12-38(22)4/h5-6,9-10,19-20,22H,3,7-8,11-13,15-18H2,1-2,4H3/t19-,20+,22?. The van der Waals surface area contributed by atoms with Crippen LogP contribution in [0.4, 0.5) is 28.9 Å². The van der Waals surface area contributed by atoms with Crippen molar-refractivity contribution < 1.29 is 27.1 Å². The first-order valence-electron chi connectivity index (χ1n) is 14.5. The Morgan fingerprint density at radius 2 is 1.86 bits per heavy atom. The fourth-order valence-electron chi connectivity index (χ4n) is 6.69. The minimum absolute atomic E-state index is 0.0734. The zero-order valence-corrected chi connectivity index (χ0v) is 24.6. The molecule has 2 aromatic rings. The molecule has 1 amide bonds. The lowest BCUT2D eigenvalue weighted by Gasteiger charge is -2.46. The van der Waals surface area contributed by atoms with E-state index in [1.54, 1.807) is 11.0 Å². The van der Waals surface area contributed by atoms with E-state index < -0.39 is 35.6 Å². The predicted octanol–water partition coefficient (Wildman–Crippen LogP) is 4.92. The quantitative estimate of drug-likeness (QED) is 0.344. The Balaban J connectivity index is 1.55. The van der Waals surface area contributed by atoms with Crippen LogP contribution in [-0.2, 0) is 23.9 Å². The van der Waals surface area contributed by atoms with Gasteiger partial charge in [0.05, 0.1) is 23.5 Å². The molecule has 1 aromatic heterocycles. The van der Waals surface area contributed by atoms with E-state index in [0.29, 0.717) is 37.5 Å². The van der Waals surface area contributed by atoms with E-state index in [9.17, 15) is 27.6 Å². The number of hydrogen-bond acceptors (Lipinski definition) is 7. The molecule has 0 bridgehead atoms. The summed E-state index contributed by atoms with van der Waals surface area (Å²) in [6, 6.07) is 7.15. The summed E-state index contributed by atoms with van der Waals surface area (Å²) < 4.78 is 61.7. The molecular weight excluding hydrogens is 564 g/mol. The maximum atomic E-state index is 13.9. The number of piperazine rings is 1. The lowest BCUT2D eigenvalue weighted by Crippen LogP contribution is -2.59. The highest BCUT2D eigenvalue weighted by Gasteiger charge is 2.39. The highest BCUT2D eigenvalue weighted by atomic mass is 19.4. The molecule has 0 radical (unpaired) electrons. The van der Waals surface area contributed by atoms with E-state index in [2.05, 4.69) is 17.5 Å². The van der Waals surface area contributed by atoms with E-state index >= 15 is 0 Å². The van der Waals surface area contributed by atoms with E-state index in [1.807, 2.05) is 25.8 Å². The number of hydrogen-bond donors (Lipinski definition) is 0. The van der Waals surface area contributed by atoms with Crippen LogP contribution >= 0.6 is 0 Å². The molecule has 0 aliphatic carbocycles. The first kappa shape index (κ1) is 30.6. The van der Waals surface area contributed by atoms with Crippen LogP contribution in [0, 0.1) is 11.3 Å². The van der Waals surface area contributed by atoms with Crippen molar-refractivity contribution in [3.8, 4) is 11.9 Å². The predicted molar refractivity (Wildman–Crippen MR) is 155 cm³/mol. The van der Waals surface area contributed by atoms with Crippen LogP contribution < -0.4 is 14.5 Å². The lowest BCUT2D eigenvalue weighted by molar-refractivity contribution is -0.137. The summed E-state index contributed by atoms with van der Waals surface area (Å²) in [6.45, 7) is 9.09. The van der Waals surface area contributed by atoms with Crippen molar-refractivity contribution in [3.63, 3.8) is 0 Å².